The number of anilines is 1. The standard InChI is InChI=1S/C18H18N2OS/c1-11-4-5-14(12(2)8-11)9-18(21)20-15-6-7-17-16(10-15)19-13(3)22-17/h4-8,10H,9H2,1-3H3,(H,20,21). The fourth-order valence-corrected chi connectivity index (χ4v) is 3.35. The Morgan fingerprint density at radius 3 is 2.73 bits per heavy atom. The van der Waals surface area contributed by atoms with Crippen molar-refractivity contribution in [3.63, 3.8) is 0 Å². The molecule has 3 aromatic rings. The number of rotatable bonds is 3. The zero-order valence-electron chi connectivity index (χ0n) is 12.9. The van der Waals surface area contributed by atoms with Gasteiger partial charge in [-0.25, -0.2) is 4.98 Å². The fraction of sp³-hybridized carbons (Fsp3) is 0.222. The number of aryl methyl sites for hydroxylation is 3. The van der Waals surface area contributed by atoms with Crippen molar-refractivity contribution in [1.82, 2.24) is 4.98 Å². The highest BCUT2D eigenvalue weighted by molar-refractivity contribution is 7.18. The maximum absolute atomic E-state index is 12.2. The minimum absolute atomic E-state index is 0.00162. The molecule has 0 aliphatic carbocycles. The van der Waals surface area contributed by atoms with Crippen molar-refractivity contribution in [1.29, 1.82) is 0 Å². The van der Waals surface area contributed by atoms with E-state index in [1.165, 1.54) is 5.56 Å². The molecule has 0 aliphatic rings. The van der Waals surface area contributed by atoms with Gasteiger partial charge < -0.3 is 5.32 Å². The number of carbonyl (C=O) groups is 1. The number of nitrogens with one attached hydrogen (secondary N) is 1. The molecule has 3 nitrogen and oxygen atoms in total. The van der Waals surface area contributed by atoms with Gasteiger partial charge in [0.1, 0.15) is 0 Å². The summed E-state index contributed by atoms with van der Waals surface area (Å²) in [6, 6.07) is 12.0. The lowest BCUT2D eigenvalue weighted by Gasteiger charge is -2.08. The molecule has 0 unspecified atom stereocenters. The molecule has 1 heterocycles. The third-order valence-electron chi connectivity index (χ3n) is 3.63. The number of benzene rings is 2. The third-order valence-corrected chi connectivity index (χ3v) is 4.58. The van der Waals surface area contributed by atoms with Gasteiger partial charge in [-0.05, 0) is 50.1 Å². The van der Waals surface area contributed by atoms with Crippen molar-refractivity contribution in [2.24, 2.45) is 0 Å². The van der Waals surface area contributed by atoms with Crippen LogP contribution in [-0.4, -0.2) is 10.9 Å². The summed E-state index contributed by atoms with van der Waals surface area (Å²) in [5, 5.41) is 4.00. The maximum atomic E-state index is 12.2. The Kier molecular flexibility index (Phi) is 3.94. The second-order valence-electron chi connectivity index (χ2n) is 5.57. The Morgan fingerprint density at radius 1 is 1.14 bits per heavy atom. The highest BCUT2D eigenvalue weighted by Crippen LogP contribution is 2.24. The van der Waals surface area contributed by atoms with Crippen LogP contribution in [0.25, 0.3) is 10.2 Å². The summed E-state index contributed by atoms with van der Waals surface area (Å²) in [5.41, 5.74) is 5.17. The maximum Gasteiger partial charge on any atom is 0.228 e. The third kappa shape index (κ3) is 3.17. The molecule has 3 rings (SSSR count). The summed E-state index contributed by atoms with van der Waals surface area (Å²) in [5.74, 6) is -0.00162. The van der Waals surface area contributed by atoms with Crippen LogP contribution in [0.4, 0.5) is 5.69 Å². The van der Waals surface area contributed by atoms with E-state index in [2.05, 4.69) is 23.3 Å². The van der Waals surface area contributed by atoms with E-state index in [9.17, 15) is 4.79 Å². The monoisotopic (exact) mass is 310 g/mol. The van der Waals surface area contributed by atoms with E-state index in [0.717, 1.165) is 32.0 Å². The molecule has 1 aromatic heterocycles. The minimum atomic E-state index is -0.00162. The molecule has 22 heavy (non-hydrogen) atoms. The van der Waals surface area contributed by atoms with Gasteiger partial charge in [0.15, 0.2) is 0 Å². The highest BCUT2D eigenvalue weighted by atomic mass is 32.1. The van der Waals surface area contributed by atoms with E-state index in [4.69, 9.17) is 0 Å². The molecule has 0 bridgehead atoms. The second kappa shape index (κ2) is 5.89. The first-order valence-electron chi connectivity index (χ1n) is 7.24. The van der Waals surface area contributed by atoms with Crippen molar-refractivity contribution >= 4 is 33.1 Å². The van der Waals surface area contributed by atoms with Gasteiger partial charge in [0.2, 0.25) is 5.91 Å². The predicted octanol–water partition coefficient (Wildman–Crippen LogP) is 4.40. The average molecular weight is 310 g/mol. The first kappa shape index (κ1) is 14.7. The van der Waals surface area contributed by atoms with Crippen molar-refractivity contribution in [3.8, 4) is 0 Å². The molecule has 1 N–H and O–H groups in total. The molecule has 0 aliphatic heterocycles. The Balaban J connectivity index is 1.74. The van der Waals surface area contributed by atoms with E-state index in [-0.39, 0.29) is 5.91 Å². The molecule has 0 saturated heterocycles. The topological polar surface area (TPSA) is 42.0 Å². The molecule has 0 atom stereocenters. The van der Waals surface area contributed by atoms with Crippen LogP contribution in [0.3, 0.4) is 0 Å². The molecule has 2 aromatic carbocycles. The number of hydrogen-bond acceptors (Lipinski definition) is 3. The minimum Gasteiger partial charge on any atom is -0.326 e. The Labute approximate surface area is 134 Å². The van der Waals surface area contributed by atoms with Crippen LogP contribution in [0.1, 0.15) is 21.7 Å². The first-order valence-corrected chi connectivity index (χ1v) is 8.06. The van der Waals surface area contributed by atoms with E-state index in [0.29, 0.717) is 6.42 Å². The quantitative estimate of drug-likeness (QED) is 0.779. The van der Waals surface area contributed by atoms with Gasteiger partial charge in [0.05, 0.1) is 21.6 Å². The van der Waals surface area contributed by atoms with Crippen molar-refractivity contribution in [3.05, 3.63) is 58.1 Å². The second-order valence-corrected chi connectivity index (χ2v) is 6.81. The largest absolute Gasteiger partial charge is 0.326 e. The molecule has 0 spiro atoms. The number of amides is 1. The van der Waals surface area contributed by atoms with Crippen molar-refractivity contribution < 1.29 is 4.79 Å². The number of hydrogen-bond donors (Lipinski definition) is 1. The number of aromatic nitrogens is 1. The SMILES string of the molecule is Cc1ccc(CC(=O)Nc2ccc3sc(C)nc3c2)c(C)c1. The number of thiazole rings is 1. The van der Waals surface area contributed by atoms with Gasteiger partial charge in [-0.1, -0.05) is 23.8 Å². The van der Waals surface area contributed by atoms with Crippen molar-refractivity contribution in [2.45, 2.75) is 27.2 Å². The van der Waals surface area contributed by atoms with Crippen LogP contribution >= 0.6 is 11.3 Å². The number of fused-ring (bicyclic) bond motifs is 1. The summed E-state index contributed by atoms with van der Waals surface area (Å²) in [7, 11) is 0. The Morgan fingerprint density at radius 2 is 1.95 bits per heavy atom. The first-order chi connectivity index (χ1) is 10.5. The van der Waals surface area contributed by atoms with Crippen LogP contribution in [-0.2, 0) is 11.2 Å². The number of nitrogens with zero attached hydrogens (tertiary/aromatic N) is 1. The van der Waals surface area contributed by atoms with Crippen LogP contribution in [0.5, 0.6) is 0 Å². The summed E-state index contributed by atoms with van der Waals surface area (Å²) >= 11 is 1.66. The summed E-state index contributed by atoms with van der Waals surface area (Å²) in [6.07, 6.45) is 0.389. The average Bonchev–Trinajstić information content (AvgIpc) is 2.81. The van der Waals surface area contributed by atoms with Crippen molar-refractivity contribution in [2.75, 3.05) is 5.32 Å². The van der Waals surface area contributed by atoms with Gasteiger partial charge in [-0.15, -0.1) is 11.3 Å². The summed E-state index contributed by atoms with van der Waals surface area (Å²) < 4.78 is 1.14. The van der Waals surface area contributed by atoms with Gasteiger partial charge in [0, 0.05) is 5.69 Å². The molecule has 0 radical (unpaired) electrons. The molecule has 4 heteroatoms. The molecule has 0 fully saturated rings. The van der Waals surface area contributed by atoms with E-state index in [1.54, 1.807) is 11.3 Å². The van der Waals surface area contributed by atoms with Gasteiger partial charge in [-0.3, -0.25) is 4.79 Å². The van der Waals surface area contributed by atoms with Crippen LogP contribution < -0.4 is 5.32 Å². The lowest BCUT2D eigenvalue weighted by atomic mass is 10.0. The van der Waals surface area contributed by atoms with Gasteiger partial charge in [0.25, 0.3) is 0 Å². The zero-order chi connectivity index (χ0) is 15.7. The fourth-order valence-electron chi connectivity index (χ4n) is 2.54. The smallest absolute Gasteiger partial charge is 0.228 e. The van der Waals surface area contributed by atoms with Crippen LogP contribution in [0.15, 0.2) is 36.4 Å². The van der Waals surface area contributed by atoms with E-state index in [1.807, 2.05) is 44.2 Å². The molecule has 112 valence electrons. The zero-order valence-corrected chi connectivity index (χ0v) is 13.8. The summed E-state index contributed by atoms with van der Waals surface area (Å²) in [6.45, 7) is 6.09. The molecular formula is C18H18N2OS. The van der Waals surface area contributed by atoms with Gasteiger partial charge >= 0.3 is 0 Å². The lowest BCUT2D eigenvalue weighted by molar-refractivity contribution is -0.115. The Bertz CT molecular complexity index is 851. The predicted molar refractivity (Wildman–Crippen MR) is 92.6 cm³/mol. The molecular weight excluding hydrogens is 292 g/mol. The van der Waals surface area contributed by atoms with Crippen LogP contribution in [0, 0.1) is 20.8 Å². The van der Waals surface area contributed by atoms with Crippen LogP contribution in [0.2, 0.25) is 0 Å². The van der Waals surface area contributed by atoms with E-state index >= 15 is 0 Å². The normalized spacial score (nSPS) is 10.9. The van der Waals surface area contributed by atoms with E-state index < -0.39 is 0 Å². The molecule has 1 amide bonds. The highest BCUT2D eigenvalue weighted by Gasteiger charge is 2.08. The Hall–Kier alpha value is -2.20. The molecule has 0 saturated carbocycles. The number of carbonyl (C=O) groups excluding carboxylic acids is 1. The van der Waals surface area contributed by atoms with Gasteiger partial charge in [-0.2, -0.15) is 0 Å². The summed E-state index contributed by atoms with van der Waals surface area (Å²) in [4.78, 5) is 16.7. The lowest BCUT2D eigenvalue weighted by Crippen LogP contribution is -2.15.